The predicted molar refractivity (Wildman–Crippen MR) is 91.1 cm³/mol. The van der Waals surface area contributed by atoms with Crippen molar-refractivity contribution in [3.8, 4) is 0 Å². The molecule has 3 rings (SSSR count). The van der Waals surface area contributed by atoms with Crippen LogP contribution in [-0.2, 0) is 16.0 Å². The van der Waals surface area contributed by atoms with Crippen LogP contribution in [0.2, 0.25) is 0 Å². The Labute approximate surface area is 142 Å². The molecule has 0 radical (unpaired) electrons. The van der Waals surface area contributed by atoms with Crippen LogP contribution < -0.4 is 15.5 Å². The lowest BCUT2D eigenvalue weighted by atomic mass is 10.1. The molecule has 1 aromatic heterocycles. The summed E-state index contributed by atoms with van der Waals surface area (Å²) in [5, 5.41) is 5.81. The van der Waals surface area contributed by atoms with Gasteiger partial charge in [-0.3, -0.25) is 0 Å². The third-order valence-electron chi connectivity index (χ3n) is 4.48. The summed E-state index contributed by atoms with van der Waals surface area (Å²) >= 11 is 0. The number of carbonyl (C=O) groups is 1. The third-order valence-corrected chi connectivity index (χ3v) is 4.48. The summed E-state index contributed by atoms with van der Waals surface area (Å²) in [6.07, 6.45) is 4.02. The third kappa shape index (κ3) is 4.58. The minimum Gasteiger partial charge on any atom is -0.378 e. The number of nitrogens with zero attached hydrogens (tertiary/aromatic N) is 2. The first kappa shape index (κ1) is 17.0. The number of pyridine rings is 1. The molecule has 2 aliphatic heterocycles. The fourth-order valence-corrected chi connectivity index (χ4v) is 3.03. The number of morpholine rings is 1. The molecule has 7 nitrogen and oxygen atoms in total. The van der Waals surface area contributed by atoms with Crippen molar-refractivity contribution in [3.63, 3.8) is 0 Å². The van der Waals surface area contributed by atoms with Crippen molar-refractivity contribution >= 4 is 11.8 Å². The van der Waals surface area contributed by atoms with E-state index in [9.17, 15) is 4.79 Å². The maximum absolute atomic E-state index is 12.0. The lowest BCUT2D eigenvalue weighted by Gasteiger charge is -2.27. The molecule has 0 saturated carbocycles. The molecule has 0 aliphatic carbocycles. The Kier molecular flexibility index (Phi) is 5.87. The van der Waals surface area contributed by atoms with Crippen LogP contribution in [0.1, 0.15) is 25.3 Å². The SMILES string of the molecule is C[C@@H](NC(=O)NCc1ccc(N2CCOCC2)nc1)[C@H]1CCCO1. The van der Waals surface area contributed by atoms with Gasteiger partial charge in [0, 0.05) is 32.4 Å². The molecule has 2 fully saturated rings. The molecular weight excluding hydrogens is 308 g/mol. The highest BCUT2D eigenvalue weighted by atomic mass is 16.5. The molecule has 1 aromatic rings. The van der Waals surface area contributed by atoms with E-state index in [1.54, 1.807) is 0 Å². The molecule has 3 heterocycles. The molecule has 0 aromatic carbocycles. The molecule has 2 amide bonds. The van der Waals surface area contributed by atoms with E-state index >= 15 is 0 Å². The predicted octanol–water partition coefficient (Wildman–Crippen LogP) is 1.28. The zero-order chi connectivity index (χ0) is 16.8. The quantitative estimate of drug-likeness (QED) is 0.848. The highest BCUT2D eigenvalue weighted by molar-refractivity contribution is 5.74. The Morgan fingerprint density at radius 3 is 2.88 bits per heavy atom. The van der Waals surface area contributed by atoms with Gasteiger partial charge in [0.15, 0.2) is 0 Å². The van der Waals surface area contributed by atoms with Crippen molar-refractivity contribution < 1.29 is 14.3 Å². The van der Waals surface area contributed by atoms with E-state index in [-0.39, 0.29) is 18.2 Å². The van der Waals surface area contributed by atoms with Gasteiger partial charge in [0.05, 0.1) is 25.4 Å². The Morgan fingerprint density at radius 1 is 1.38 bits per heavy atom. The highest BCUT2D eigenvalue weighted by Gasteiger charge is 2.23. The highest BCUT2D eigenvalue weighted by Crippen LogP contribution is 2.15. The lowest BCUT2D eigenvalue weighted by Crippen LogP contribution is -2.45. The van der Waals surface area contributed by atoms with E-state index in [1.807, 2.05) is 25.3 Å². The molecule has 0 bridgehead atoms. The number of rotatable bonds is 5. The Bertz CT molecular complexity index is 525. The van der Waals surface area contributed by atoms with Crippen LogP contribution in [0, 0.1) is 0 Å². The maximum Gasteiger partial charge on any atom is 0.315 e. The van der Waals surface area contributed by atoms with Crippen LogP contribution in [0.4, 0.5) is 10.6 Å². The molecule has 7 heteroatoms. The number of carbonyl (C=O) groups excluding carboxylic acids is 1. The second-order valence-corrected chi connectivity index (χ2v) is 6.29. The van der Waals surface area contributed by atoms with Crippen LogP contribution in [0.5, 0.6) is 0 Å². The lowest BCUT2D eigenvalue weighted by molar-refractivity contribution is 0.0860. The second-order valence-electron chi connectivity index (χ2n) is 6.29. The van der Waals surface area contributed by atoms with Crippen molar-refractivity contribution in [2.45, 2.75) is 38.5 Å². The van der Waals surface area contributed by atoms with Gasteiger partial charge in [-0.05, 0) is 31.4 Å². The summed E-state index contributed by atoms with van der Waals surface area (Å²) < 4.78 is 10.9. The van der Waals surface area contributed by atoms with Gasteiger partial charge in [0.2, 0.25) is 0 Å². The topological polar surface area (TPSA) is 75.7 Å². The fraction of sp³-hybridized carbons (Fsp3) is 0.647. The van der Waals surface area contributed by atoms with Crippen molar-refractivity contribution in [1.82, 2.24) is 15.6 Å². The Morgan fingerprint density at radius 2 is 2.21 bits per heavy atom. The summed E-state index contributed by atoms with van der Waals surface area (Å²) in [6, 6.07) is 3.85. The zero-order valence-electron chi connectivity index (χ0n) is 14.2. The van der Waals surface area contributed by atoms with Crippen molar-refractivity contribution in [2.24, 2.45) is 0 Å². The molecule has 132 valence electrons. The second kappa shape index (κ2) is 8.30. The number of amides is 2. The summed E-state index contributed by atoms with van der Waals surface area (Å²) in [4.78, 5) is 18.7. The molecule has 2 saturated heterocycles. The van der Waals surface area contributed by atoms with Gasteiger partial charge in [0.25, 0.3) is 0 Å². The van der Waals surface area contributed by atoms with Crippen LogP contribution in [0.3, 0.4) is 0 Å². The van der Waals surface area contributed by atoms with Gasteiger partial charge < -0.3 is 25.0 Å². The van der Waals surface area contributed by atoms with E-state index < -0.39 is 0 Å². The summed E-state index contributed by atoms with van der Waals surface area (Å²) in [5.41, 5.74) is 0.979. The fourth-order valence-electron chi connectivity index (χ4n) is 3.03. The number of nitrogens with one attached hydrogen (secondary N) is 2. The van der Waals surface area contributed by atoms with Gasteiger partial charge >= 0.3 is 6.03 Å². The smallest absolute Gasteiger partial charge is 0.315 e. The standard InChI is InChI=1S/C17H26N4O3/c1-13(15-3-2-8-24-15)20-17(22)19-12-14-4-5-16(18-11-14)21-6-9-23-10-7-21/h4-5,11,13,15H,2-3,6-10,12H2,1H3,(H2,19,20,22)/t13-,15-/m1/s1. The number of hydrogen-bond donors (Lipinski definition) is 2. The van der Waals surface area contributed by atoms with Gasteiger partial charge in [-0.25, -0.2) is 9.78 Å². The van der Waals surface area contributed by atoms with Crippen molar-refractivity contribution in [2.75, 3.05) is 37.8 Å². The average molecular weight is 334 g/mol. The first-order chi connectivity index (χ1) is 11.7. The normalized spacial score (nSPS) is 22.2. The van der Waals surface area contributed by atoms with Gasteiger partial charge in [-0.2, -0.15) is 0 Å². The molecule has 2 aliphatic rings. The van der Waals surface area contributed by atoms with Gasteiger partial charge in [0.1, 0.15) is 5.82 Å². The zero-order valence-corrected chi connectivity index (χ0v) is 14.2. The Hall–Kier alpha value is -1.86. The Balaban J connectivity index is 1.43. The first-order valence-electron chi connectivity index (χ1n) is 8.66. The monoisotopic (exact) mass is 334 g/mol. The number of aromatic nitrogens is 1. The van der Waals surface area contributed by atoms with E-state index in [0.29, 0.717) is 6.54 Å². The van der Waals surface area contributed by atoms with Gasteiger partial charge in [-0.15, -0.1) is 0 Å². The summed E-state index contributed by atoms with van der Waals surface area (Å²) in [7, 11) is 0. The number of hydrogen-bond acceptors (Lipinski definition) is 5. The molecular formula is C17H26N4O3. The van der Waals surface area contributed by atoms with Crippen molar-refractivity contribution in [3.05, 3.63) is 23.9 Å². The van der Waals surface area contributed by atoms with E-state index in [4.69, 9.17) is 9.47 Å². The van der Waals surface area contributed by atoms with Crippen LogP contribution >= 0.6 is 0 Å². The van der Waals surface area contributed by atoms with E-state index in [1.165, 1.54) is 0 Å². The minimum absolute atomic E-state index is 0.0225. The number of urea groups is 1. The molecule has 2 atom stereocenters. The van der Waals surface area contributed by atoms with Crippen LogP contribution in [0.25, 0.3) is 0 Å². The average Bonchev–Trinajstić information content (AvgIpc) is 3.16. The van der Waals surface area contributed by atoms with Crippen molar-refractivity contribution in [1.29, 1.82) is 0 Å². The van der Waals surface area contributed by atoms with E-state index in [2.05, 4.69) is 20.5 Å². The molecule has 2 N–H and O–H groups in total. The summed E-state index contributed by atoms with van der Waals surface area (Å²) in [5.74, 6) is 0.957. The molecule has 0 unspecified atom stereocenters. The van der Waals surface area contributed by atoms with Crippen LogP contribution in [0.15, 0.2) is 18.3 Å². The largest absolute Gasteiger partial charge is 0.378 e. The summed E-state index contributed by atoms with van der Waals surface area (Å²) in [6.45, 7) is 6.46. The first-order valence-corrected chi connectivity index (χ1v) is 8.66. The minimum atomic E-state index is -0.171. The van der Waals surface area contributed by atoms with Gasteiger partial charge in [-0.1, -0.05) is 6.07 Å². The molecule has 0 spiro atoms. The number of ether oxygens (including phenoxy) is 2. The number of anilines is 1. The van der Waals surface area contributed by atoms with E-state index in [0.717, 1.165) is 57.1 Å². The molecule has 24 heavy (non-hydrogen) atoms. The van der Waals surface area contributed by atoms with Crippen LogP contribution in [-0.4, -0.2) is 56.1 Å². The maximum atomic E-state index is 12.0.